The van der Waals surface area contributed by atoms with E-state index in [4.69, 9.17) is 4.74 Å². The van der Waals surface area contributed by atoms with E-state index in [1.54, 1.807) is 7.11 Å². The van der Waals surface area contributed by atoms with E-state index >= 15 is 0 Å². The zero-order valence-electron chi connectivity index (χ0n) is 8.02. The Morgan fingerprint density at radius 3 is 2.55 bits per heavy atom. The SMILES string of the molecule is CCCNC(CC)CCOC. The molecule has 1 atom stereocenters. The maximum Gasteiger partial charge on any atom is 0.0477 e. The molecule has 0 heterocycles. The first-order valence-electron chi connectivity index (χ1n) is 4.57. The monoisotopic (exact) mass is 159 g/mol. The van der Waals surface area contributed by atoms with Crippen LogP contribution in [0.3, 0.4) is 0 Å². The lowest BCUT2D eigenvalue weighted by Crippen LogP contribution is -2.30. The molecule has 1 N–H and O–H groups in total. The Kier molecular flexibility index (Phi) is 7.96. The molecule has 11 heavy (non-hydrogen) atoms. The smallest absolute Gasteiger partial charge is 0.0477 e. The Morgan fingerprint density at radius 2 is 2.09 bits per heavy atom. The van der Waals surface area contributed by atoms with Crippen LogP contribution in [-0.4, -0.2) is 26.3 Å². The van der Waals surface area contributed by atoms with Crippen molar-refractivity contribution in [2.45, 2.75) is 39.2 Å². The Balaban J connectivity index is 3.25. The number of nitrogens with one attached hydrogen (secondary N) is 1. The van der Waals surface area contributed by atoms with Gasteiger partial charge in [0.2, 0.25) is 0 Å². The van der Waals surface area contributed by atoms with Gasteiger partial charge in [-0.15, -0.1) is 0 Å². The number of methoxy groups -OCH3 is 1. The van der Waals surface area contributed by atoms with Crippen LogP contribution in [0.2, 0.25) is 0 Å². The molecule has 0 aliphatic rings. The predicted octanol–water partition coefficient (Wildman–Crippen LogP) is 1.80. The highest BCUT2D eigenvalue weighted by Gasteiger charge is 2.02. The Labute approximate surface area is 70.3 Å². The van der Waals surface area contributed by atoms with E-state index in [0.717, 1.165) is 19.6 Å². The molecule has 0 aliphatic carbocycles. The first-order chi connectivity index (χ1) is 5.35. The minimum Gasteiger partial charge on any atom is -0.385 e. The van der Waals surface area contributed by atoms with Gasteiger partial charge >= 0.3 is 0 Å². The summed E-state index contributed by atoms with van der Waals surface area (Å²) in [4.78, 5) is 0. The average molecular weight is 159 g/mol. The minimum absolute atomic E-state index is 0.648. The van der Waals surface area contributed by atoms with E-state index in [-0.39, 0.29) is 0 Å². The van der Waals surface area contributed by atoms with Crippen molar-refractivity contribution in [1.29, 1.82) is 0 Å². The topological polar surface area (TPSA) is 21.3 Å². The Bertz CT molecular complexity index is 68.0. The predicted molar refractivity (Wildman–Crippen MR) is 48.9 cm³/mol. The molecule has 1 unspecified atom stereocenters. The molecule has 0 saturated carbocycles. The molecule has 2 nitrogen and oxygen atoms in total. The van der Waals surface area contributed by atoms with Crippen molar-refractivity contribution < 1.29 is 4.74 Å². The first kappa shape index (κ1) is 10.9. The molecule has 0 bridgehead atoms. The average Bonchev–Trinajstić information content (AvgIpc) is 2.05. The summed E-state index contributed by atoms with van der Waals surface area (Å²) in [6, 6.07) is 0.648. The third kappa shape index (κ3) is 6.32. The summed E-state index contributed by atoms with van der Waals surface area (Å²) in [6.45, 7) is 6.40. The quantitative estimate of drug-likeness (QED) is 0.611. The van der Waals surface area contributed by atoms with Crippen LogP contribution in [0.15, 0.2) is 0 Å². The summed E-state index contributed by atoms with van der Waals surface area (Å²) in [5.74, 6) is 0. The third-order valence-electron chi connectivity index (χ3n) is 1.85. The fourth-order valence-electron chi connectivity index (χ4n) is 1.06. The fraction of sp³-hybridized carbons (Fsp3) is 1.00. The van der Waals surface area contributed by atoms with Crippen LogP contribution < -0.4 is 5.32 Å². The second kappa shape index (κ2) is 8.02. The van der Waals surface area contributed by atoms with Crippen LogP contribution in [0.1, 0.15) is 33.1 Å². The standard InChI is InChI=1S/C9H21NO/c1-4-7-10-9(5-2)6-8-11-3/h9-10H,4-8H2,1-3H3. The molecule has 0 fully saturated rings. The van der Waals surface area contributed by atoms with Gasteiger partial charge in [-0.05, 0) is 25.8 Å². The van der Waals surface area contributed by atoms with Crippen LogP contribution in [0, 0.1) is 0 Å². The molecule has 0 aromatic heterocycles. The van der Waals surface area contributed by atoms with Gasteiger partial charge in [0.05, 0.1) is 0 Å². The molecule has 2 heteroatoms. The summed E-state index contributed by atoms with van der Waals surface area (Å²) in [7, 11) is 1.76. The van der Waals surface area contributed by atoms with Crippen molar-refractivity contribution in [1.82, 2.24) is 5.32 Å². The second-order valence-electron chi connectivity index (χ2n) is 2.84. The summed E-state index contributed by atoms with van der Waals surface area (Å²) < 4.78 is 5.01. The van der Waals surface area contributed by atoms with Crippen LogP contribution in [0.4, 0.5) is 0 Å². The molecule has 0 spiro atoms. The highest BCUT2D eigenvalue weighted by Crippen LogP contribution is 1.97. The van der Waals surface area contributed by atoms with Crippen molar-refractivity contribution in [3.8, 4) is 0 Å². The molecular weight excluding hydrogens is 138 g/mol. The molecule has 0 amide bonds. The van der Waals surface area contributed by atoms with Crippen molar-refractivity contribution in [2.75, 3.05) is 20.3 Å². The van der Waals surface area contributed by atoms with Crippen molar-refractivity contribution >= 4 is 0 Å². The number of hydrogen-bond acceptors (Lipinski definition) is 2. The molecule has 0 saturated heterocycles. The van der Waals surface area contributed by atoms with Gasteiger partial charge in [0.1, 0.15) is 0 Å². The van der Waals surface area contributed by atoms with E-state index in [9.17, 15) is 0 Å². The summed E-state index contributed by atoms with van der Waals surface area (Å²) in [5.41, 5.74) is 0. The van der Waals surface area contributed by atoms with E-state index in [2.05, 4.69) is 19.2 Å². The van der Waals surface area contributed by atoms with Gasteiger partial charge in [0.25, 0.3) is 0 Å². The van der Waals surface area contributed by atoms with Gasteiger partial charge in [0, 0.05) is 19.8 Å². The van der Waals surface area contributed by atoms with E-state index < -0.39 is 0 Å². The summed E-state index contributed by atoms with van der Waals surface area (Å²) in [5, 5.41) is 3.47. The lowest BCUT2D eigenvalue weighted by molar-refractivity contribution is 0.182. The lowest BCUT2D eigenvalue weighted by Gasteiger charge is -2.15. The molecule has 0 rings (SSSR count). The van der Waals surface area contributed by atoms with Gasteiger partial charge in [-0.25, -0.2) is 0 Å². The van der Waals surface area contributed by atoms with Crippen LogP contribution in [0.5, 0.6) is 0 Å². The molecule has 0 aromatic carbocycles. The lowest BCUT2D eigenvalue weighted by atomic mass is 10.1. The van der Waals surface area contributed by atoms with Crippen molar-refractivity contribution in [2.24, 2.45) is 0 Å². The van der Waals surface area contributed by atoms with Crippen molar-refractivity contribution in [3.63, 3.8) is 0 Å². The fourth-order valence-corrected chi connectivity index (χ4v) is 1.06. The minimum atomic E-state index is 0.648. The van der Waals surface area contributed by atoms with Gasteiger partial charge in [-0.3, -0.25) is 0 Å². The van der Waals surface area contributed by atoms with Gasteiger partial charge in [-0.1, -0.05) is 13.8 Å². The Hall–Kier alpha value is -0.0800. The van der Waals surface area contributed by atoms with Crippen LogP contribution in [0.25, 0.3) is 0 Å². The molecule has 0 aromatic rings. The first-order valence-corrected chi connectivity index (χ1v) is 4.57. The number of ether oxygens (including phenoxy) is 1. The normalized spacial score (nSPS) is 13.4. The van der Waals surface area contributed by atoms with Crippen LogP contribution >= 0.6 is 0 Å². The maximum absolute atomic E-state index is 5.01. The van der Waals surface area contributed by atoms with E-state index in [1.807, 2.05) is 0 Å². The van der Waals surface area contributed by atoms with E-state index in [1.165, 1.54) is 12.8 Å². The maximum atomic E-state index is 5.01. The molecule has 0 aliphatic heterocycles. The molecule has 68 valence electrons. The van der Waals surface area contributed by atoms with Gasteiger partial charge in [0.15, 0.2) is 0 Å². The zero-order valence-corrected chi connectivity index (χ0v) is 8.02. The third-order valence-corrected chi connectivity index (χ3v) is 1.85. The van der Waals surface area contributed by atoms with Crippen molar-refractivity contribution in [3.05, 3.63) is 0 Å². The number of hydrogen-bond donors (Lipinski definition) is 1. The largest absolute Gasteiger partial charge is 0.385 e. The number of rotatable bonds is 7. The van der Waals surface area contributed by atoms with Crippen LogP contribution in [-0.2, 0) is 4.74 Å². The van der Waals surface area contributed by atoms with E-state index in [0.29, 0.717) is 6.04 Å². The molecule has 0 radical (unpaired) electrons. The highest BCUT2D eigenvalue weighted by molar-refractivity contribution is 4.63. The van der Waals surface area contributed by atoms with Gasteiger partial charge in [-0.2, -0.15) is 0 Å². The summed E-state index contributed by atoms with van der Waals surface area (Å²) >= 11 is 0. The van der Waals surface area contributed by atoms with Gasteiger partial charge < -0.3 is 10.1 Å². The zero-order chi connectivity index (χ0) is 8.53. The molecular formula is C9H21NO. The highest BCUT2D eigenvalue weighted by atomic mass is 16.5. The Morgan fingerprint density at radius 1 is 1.36 bits per heavy atom. The second-order valence-corrected chi connectivity index (χ2v) is 2.84. The summed E-state index contributed by atoms with van der Waals surface area (Å²) in [6.07, 6.45) is 3.54.